The number of carbonyl (C=O) groups is 2. The molecule has 1 atom stereocenters. The van der Waals surface area contributed by atoms with Gasteiger partial charge in [0, 0.05) is 0 Å². The molecule has 1 aliphatic carbocycles. The van der Waals surface area contributed by atoms with Crippen LogP contribution in [-0.2, 0) is 16.0 Å². The first-order valence-corrected chi connectivity index (χ1v) is 9.46. The second kappa shape index (κ2) is 7.25. The van der Waals surface area contributed by atoms with E-state index in [9.17, 15) is 9.59 Å². The van der Waals surface area contributed by atoms with E-state index in [4.69, 9.17) is 4.74 Å². The normalized spacial score (nSPS) is 16.1. The molecule has 26 heavy (non-hydrogen) atoms. The molecule has 1 aromatic heterocycles. The molecule has 0 aliphatic heterocycles. The highest BCUT2D eigenvalue weighted by Gasteiger charge is 2.22. The maximum absolute atomic E-state index is 12.2. The number of nitrogens with one attached hydrogen (secondary N) is 1. The minimum absolute atomic E-state index is 0.0142. The molecule has 1 heterocycles. The average Bonchev–Trinajstić information content (AvgIpc) is 3.14. The van der Waals surface area contributed by atoms with Crippen molar-refractivity contribution in [3.63, 3.8) is 0 Å². The van der Waals surface area contributed by atoms with Crippen molar-refractivity contribution in [1.29, 1.82) is 0 Å². The van der Waals surface area contributed by atoms with Gasteiger partial charge in [-0.1, -0.05) is 24.3 Å². The smallest absolute Gasteiger partial charge is 0.338 e. The summed E-state index contributed by atoms with van der Waals surface area (Å²) >= 11 is 1.46. The second-order valence-electron chi connectivity index (χ2n) is 6.32. The molecular weight excluding hydrogens is 348 g/mol. The molecule has 1 N–H and O–H groups in total. The van der Waals surface area contributed by atoms with Gasteiger partial charge in [0.1, 0.15) is 0 Å². The van der Waals surface area contributed by atoms with Gasteiger partial charge < -0.3 is 10.1 Å². The molecule has 0 saturated heterocycles. The molecule has 2 aromatic carbocycles. The molecule has 132 valence electrons. The van der Waals surface area contributed by atoms with Gasteiger partial charge in [0.2, 0.25) is 0 Å². The third-order valence-electron chi connectivity index (χ3n) is 4.61. The highest BCUT2D eigenvalue weighted by Crippen LogP contribution is 2.29. The van der Waals surface area contributed by atoms with Gasteiger partial charge >= 0.3 is 5.97 Å². The number of nitrogens with zero attached hydrogens (tertiary/aromatic N) is 1. The molecule has 4 rings (SSSR count). The number of hydrogen-bond donors (Lipinski definition) is 1. The predicted octanol–water partition coefficient (Wildman–Crippen LogP) is 3.65. The zero-order chi connectivity index (χ0) is 17.9. The first kappa shape index (κ1) is 16.7. The van der Waals surface area contributed by atoms with E-state index in [-0.39, 0.29) is 18.6 Å². The van der Waals surface area contributed by atoms with Crippen LogP contribution in [-0.4, -0.2) is 23.5 Å². The monoisotopic (exact) mass is 366 g/mol. The van der Waals surface area contributed by atoms with Gasteiger partial charge in [-0.25, -0.2) is 9.78 Å². The number of fused-ring (bicyclic) bond motifs is 2. The maximum atomic E-state index is 12.2. The van der Waals surface area contributed by atoms with Crippen LogP contribution in [0, 0.1) is 0 Å². The number of hydrogen-bond acceptors (Lipinski definition) is 5. The largest absolute Gasteiger partial charge is 0.452 e. The number of thiazole rings is 1. The van der Waals surface area contributed by atoms with Gasteiger partial charge in [-0.05, 0) is 48.6 Å². The fraction of sp³-hybridized carbons (Fsp3) is 0.250. The third-order valence-corrected chi connectivity index (χ3v) is 5.40. The number of rotatable bonds is 4. The van der Waals surface area contributed by atoms with E-state index in [2.05, 4.69) is 22.4 Å². The lowest BCUT2D eigenvalue weighted by Gasteiger charge is -2.26. The SMILES string of the molecule is O=C(COC(=O)c1ccc2ncsc2c1)NC1CCCc2ccccc21. The van der Waals surface area contributed by atoms with Crippen LogP contribution in [0.15, 0.2) is 48.0 Å². The van der Waals surface area contributed by atoms with Crippen LogP contribution in [0.4, 0.5) is 0 Å². The number of ether oxygens (including phenoxy) is 1. The first-order chi connectivity index (χ1) is 12.7. The van der Waals surface area contributed by atoms with Crippen LogP contribution < -0.4 is 5.32 Å². The summed E-state index contributed by atoms with van der Waals surface area (Å²) in [7, 11) is 0. The van der Waals surface area contributed by atoms with Crippen LogP contribution in [0.25, 0.3) is 10.2 Å². The van der Waals surface area contributed by atoms with E-state index in [0.29, 0.717) is 5.56 Å². The van der Waals surface area contributed by atoms with E-state index < -0.39 is 5.97 Å². The van der Waals surface area contributed by atoms with Crippen molar-refractivity contribution in [3.05, 3.63) is 64.7 Å². The Labute approximate surface area is 155 Å². The Balaban J connectivity index is 1.36. The van der Waals surface area contributed by atoms with Crippen LogP contribution in [0.2, 0.25) is 0 Å². The number of amides is 1. The predicted molar refractivity (Wildman–Crippen MR) is 100 cm³/mol. The molecule has 6 heteroatoms. The van der Waals surface area contributed by atoms with Crippen molar-refractivity contribution in [2.24, 2.45) is 0 Å². The van der Waals surface area contributed by atoms with Crippen LogP contribution in [0.3, 0.4) is 0 Å². The molecule has 1 unspecified atom stereocenters. The maximum Gasteiger partial charge on any atom is 0.338 e. The summed E-state index contributed by atoms with van der Waals surface area (Å²) in [6.07, 6.45) is 2.98. The van der Waals surface area contributed by atoms with Crippen LogP contribution in [0.5, 0.6) is 0 Å². The highest BCUT2D eigenvalue weighted by atomic mass is 32.1. The summed E-state index contributed by atoms with van der Waals surface area (Å²) < 4.78 is 6.10. The minimum atomic E-state index is -0.500. The van der Waals surface area contributed by atoms with Gasteiger partial charge in [0.15, 0.2) is 6.61 Å². The Kier molecular flexibility index (Phi) is 4.67. The van der Waals surface area contributed by atoms with Crippen molar-refractivity contribution in [1.82, 2.24) is 10.3 Å². The molecule has 0 bridgehead atoms. The molecular formula is C20H18N2O3S. The summed E-state index contributed by atoms with van der Waals surface area (Å²) in [5, 5.41) is 2.98. The molecule has 1 aliphatic rings. The summed E-state index contributed by atoms with van der Waals surface area (Å²) in [6.45, 7) is -0.280. The zero-order valence-corrected chi connectivity index (χ0v) is 14.9. The number of carbonyl (C=O) groups excluding carboxylic acids is 2. The topological polar surface area (TPSA) is 68.3 Å². The molecule has 3 aromatic rings. The van der Waals surface area contributed by atoms with Gasteiger partial charge in [-0.3, -0.25) is 4.79 Å². The summed E-state index contributed by atoms with van der Waals surface area (Å²) in [5.41, 5.74) is 5.45. The van der Waals surface area contributed by atoms with E-state index in [1.165, 1.54) is 16.9 Å². The fourth-order valence-electron chi connectivity index (χ4n) is 3.34. The quantitative estimate of drug-likeness (QED) is 0.716. The number of benzene rings is 2. The molecule has 0 saturated carbocycles. The lowest BCUT2D eigenvalue weighted by molar-refractivity contribution is -0.125. The van der Waals surface area contributed by atoms with Gasteiger partial charge in [-0.15, -0.1) is 11.3 Å². The average molecular weight is 366 g/mol. The summed E-state index contributed by atoms with van der Waals surface area (Å²) in [6, 6.07) is 13.3. The number of aromatic nitrogens is 1. The Morgan fingerprint density at radius 2 is 2.12 bits per heavy atom. The second-order valence-corrected chi connectivity index (χ2v) is 7.21. The standard InChI is InChI=1S/C20H18N2O3S/c23-19(22-16-7-3-5-13-4-1-2-6-15(13)16)11-25-20(24)14-8-9-17-18(10-14)26-12-21-17/h1-2,4,6,8-10,12,16H,3,5,7,11H2,(H,22,23). The Morgan fingerprint density at radius 3 is 3.04 bits per heavy atom. The van der Waals surface area contributed by atoms with Crippen molar-refractivity contribution < 1.29 is 14.3 Å². The van der Waals surface area contributed by atoms with Crippen molar-refractivity contribution >= 4 is 33.4 Å². The van der Waals surface area contributed by atoms with E-state index in [1.807, 2.05) is 12.1 Å². The van der Waals surface area contributed by atoms with Gasteiger partial charge in [0.25, 0.3) is 5.91 Å². The summed E-state index contributed by atoms with van der Waals surface area (Å²) in [4.78, 5) is 28.6. The Hall–Kier alpha value is -2.73. The van der Waals surface area contributed by atoms with Crippen molar-refractivity contribution in [2.45, 2.75) is 25.3 Å². The number of aryl methyl sites for hydroxylation is 1. The highest BCUT2D eigenvalue weighted by molar-refractivity contribution is 7.16. The molecule has 5 nitrogen and oxygen atoms in total. The van der Waals surface area contributed by atoms with Gasteiger partial charge in [-0.2, -0.15) is 0 Å². The molecule has 0 spiro atoms. The fourth-order valence-corrected chi connectivity index (χ4v) is 4.05. The van der Waals surface area contributed by atoms with E-state index >= 15 is 0 Å². The van der Waals surface area contributed by atoms with Crippen LogP contribution in [0.1, 0.15) is 40.4 Å². The van der Waals surface area contributed by atoms with E-state index in [0.717, 1.165) is 35.0 Å². The van der Waals surface area contributed by atoms with Gasteiger partial charge in [0.05, 0.1) is 27.3 Å². The minimum Gasteiger partial charge on any atom is -0.452 e. The van der Waals surface area contributed by atoms with Crippen LogP contribution >= 0.6 is 11.3 Å². The third kappa shape index (κ3) is 3.46. The lowest BCUT2D eigenvalue weighted by atomic mass is 9.88. The van der Waals surface area contributed by atoms with E-state index in [1.54, 1.807) is 23.7 Å². The first-order valence-electron chi connectivity index (χ1n) is 8.58. The van der Waals surface area contributed by atoms with Crippen molar-refractivity contribution in [2.75, 3.05) is 6.61 Å². The summed E-state index contributed by atoms with van der Waals surface area (Å²) in [5.74, 6) is -0.779. The Bertz CT molecular complexity index is 966. The molecule has 0 fully saturated rings. The zero-order valence-electron chi connectivity index (χ0n) is 14.1. The molecule has 1 amide bonds. The molecule has 0 radical (unpaired) electrons. The number of esters is 1. The lowest BCUT2D eigenvalue weighted by Crippen LogP contribution is -2.34. The Morgan fingerprint density at radius 1 is 1.23 bits per heavy atom. The van der Waals surface area contributed by atoms with Crippen molar-refractivity contribution in [3.8, 4) is 0 Å².